The lowest BCUT2D eigenvalue weighted by atomic mass is 10.2. The van der Waals surface area contributed by atoms with Gasteiger partial charge in [-0.3, -0.25) is 0 Å². The first-order valence-electron chi connectivity index (χ1n) is 4.02. The average molecular weight is 173 g/mol. The molecule has 1 rings (SSSR count). The third-order valence-electron chi connectivity index (χ3n) is 1.65. The summed E-state index contributed by atoms with van der Waals surface area (Å²) in [5.74, 6) is 0.609. The van der Waals surface area contributed by atoms with Crippen molar-refractivity contribution in [2.75, 3.05) is 5.32 Å². The summed E-state index contributed by atoms with van der Waals surface area (Å²) in [4.78, 5) is 4.06. The molecule has 0 radical (unpaired) electrons. The molecule has 0 saturated heterocycles. The number of hydrogen-bond acceptors (Lipinski definition) is 3. The SMILES string of the molecule is C=CC(C)Nc1ncccc1C#N. The molecule has 0 fully saturated rings. The maximum Gasteiger partial charge on any atom is 0.144 e. The topological polar surface area (TPSA) is 48.7 Å². The van der Waals surface area contributed by atoms with Crippen molar-refractivity contribution in [1.29, 1.82) is 5.26 Å². The van der Waals surface area contributed by atoms with Crippen molar-refractivity contribution in [2.24, 2.45) is 0 Å². The minimum absolute atomic E-state index is 0.113. The first-order valence-corrected chi connectivity index (χ1v) is 4.02. The van der Waals surface area contributed by atoms with E-state index in [-0.39, 0.29) is 6.04 Å². The molecule has 1 atom stereocenters. The molecule has 3 heteroatoms. The quantitative estimate of drug-likeness (QED) is 0.710. The third-order valence-corrected chi connectivity index (χ3v) is 1.65. The second-order valence-corrected chi connectivity index (χ2v) is 2.68. The van der Waals surface area contributed by atoms with Gasteiger partial charge in [0, 0.05) is 12.2 Å². The van der Waals surface area contributed by atoms with Crippen LogP contribution in [-0.4, -0.2) is 11.0 Å². The summed E-state index contributed by atoms with van der Waals surface area (Å²) in [6.45, 7) is 5.59. The number of hydrogen-bond donors (Lipinski definition) is 1. The largest absolute Gasteiger partial charge is 0.363 e. The zero-order chi connectivity index (χ0) is 9.68. The molecule has 0 aromatic carbocycles. The van der Waals surface area contributed by atoms with Crippen molar-refractivity contribution in [3.63, 3.8) is 0 Å². The van der Waals surface area contributed by atoms with Crippen molar-refractivity contribution in [2.45, 2.75) is 13.0 Å². The Bertz CT molecular complexity index is 338. The van der Waals surface area contributed by atoms with E-state index in [0.717, 1.165) is 0 Å². The standard InChI is InChI=1S/C10H11N3/c1-3-8(2)13-10-9(7-11)5-4-6-12-10/h3-6,8H,1H2,2H3,(H,12,13). The second kappa shape index (κ2) is 4.27. The van der Waals surface area contributed by atoms with Gasteiger partial charge in [0.2, 0.25) is 0 Å². The van der Waals surface area contributed by atoms with E-state index in [1.54, 1.807) is 24.4 Å². The minimum Gasteiger partial charge on any atom is -0.363 e. The van der Waals surface area contributed by atoms with Gasteiger partial charge in [-0.25, -0.2) is 4.98 Å². The van der Waals surface area contributed by atoms with Gasteiger partial charge < -0.3 is 5.32 Å². The summed E-state index contributed by atoms with van der Waals surface area (Å²) in [7, 11) is 0. The van der Waals surface area contributed by atoms with Gasteiger partial charge >= 0.3 is 0 Å². The van der Waals surface area contributed by atoms with Crippen LogP contribution in [0.3, 0.4) is 0 Å². The third kappa shape index (κ3) is 2.31. The van der Waals surface area contributed by atoms with Gasteiger partial charge in [0.1, 0.15) is 11.9 Å². The molecular formula is C10H11N3. The highest BCUT2D eigenvalue weighted by atomic mass is 15.0. The lowest BCUT2D eigenvalue weighted by molar-refractivity contribution is 0.982. The fourth-order valence-corrected chi connectivity index (χ4v) is 0.885. The summed E-state index contributed by atoms with van der Waals surface area (Å²) in [5, 5.41) is 11.8. The van der Waals surface area contributed by atoms with Crippen molar-refractivity contribution < 1.29 is 0 Å². The predicted molar refractivity (Wildman–Crippen MR) is 52.2 cm³/mol. The highest BCUT2D eigenvalue weighted by Gasteiger charge is 2.02. The number of aromatic nitrogens is 1. The summed E-state index contributed by atoms with van der Waals surface area (Å²) in [6.07, 6.45) is 3.41. The molecule has 1 aromatic rings. The molecule has 0 amide bonds. The Kier molecular flexibility index (Phi) is 3.04. The van der Waals surface area contributed by atoms with Crippen LogP contribution in [0.15, 0.2) is 31.0 Å². The number of anilines is 1. The smallest absolute Gasteiger partial charge is 0.144 e. The number of rotatable bonds is 3. The Labute approximate surface area is 77.7 Å². The molecule has 1 heterocycles. The van der Waals surface area contributed by atoms with Gasteiger partial charge in [0.05, 0.1) is 5.56 Å². The summed E-state index contributed by atoms with van der Waals surface area (Å²) in [6, 6.07) is 5.64. The predicted octanol–water partition coefficient (Wildman–Crippen LogP) is 1.94. The highest BCUT2D eigenvalue weighted by molar-refractivity contribution is 5.52. The molecule has 0 aliphatic heterocycles. The molecule has 66 valence electrons. The Morgan fingerprint density at radius 1 is 1.77 bits per heavy atom. The van der Waals surface area contributed by atoms with Crippen LogP contribution >= 0.6 is 0 Å². The van der Waals surface area contributed by atoms with Crippen LogP contribution < -0.4 is 5.32 Å². The maximum atomic E-state index is 8.75. The van der Waals surface area contributed by atoms with Crippen LogP contribution in [-0.2, 0) is 0 Å². The van der Waals surface area contributed by atoms with Gasteiger partial charge in [-0.05, 0) is 19.1 Å². The summed E-state index contributed by atoms with van der Waals surface area (Å²) in [5.41, 5.74) is 0.552. The molecule has 3 nitrogen and oxygen atoms in total. The lowest BCUT2D eigenvalue weighted by Gasteiger charge is -2.10. The summed E-state index contributed by atoms with van der Waals surface area (Å²) < 4.78 is 0. The molecule has 0 spiro atoms. The fraction of sp³-hybridized carbons (Fsp3) is 0.200. The van der Waals surface area contributed by atoms with Gasteiger partial charge in [-0.2, -0.15) is 5.26 Å². The number of pyridine rings is 1. The van der Waals surface area contributed by atoms with Gasteiger partial charge in [0.15, 0.2) is 0 Å². The second-order valence-electron chi connectivity index (χ2n) is 2.68. The van der Waals surface area contributed by atoms with Crippen LogP contribution in [0.1, 0.15) is 12.5 Å². The molecule has 1 aromatic heterocycles. The Balaban J connectivity index is 2.88. The van der Waals surface area contributed by atoms with E-state index in [0.29, 0.717) is 11.4 Å². The van der Waals surface area contributed by atoms with Gasteiger partial charge in [0.25, 0.3) is 0 Å². The van der Waals surface area contributed by atoms with Crippen LogP contribution in [0.4, 0.5) is 5.82 Å². The first-order chi connectivity index (χ1) is 6.27. The van der Waals surface area contributed by atoms with Crippen molar-refractivity contribution >= 4 is 5.82 Å². The Hall–Kier alpha value is -1.82. The molecule has 1 unspecified atom stereocenters. The molecular weight excluding hydrogens is 162 g/mol. The van der Waals surface area contributed by atoms with Crippen molar-refractivity contribution in [3.8, 4) is 6.07 Å². The highest BCUT2D eigenvalue weighted by Crippen LogP contribution is 2.10. The minimum atomic E-state index is 0.113. The van der Waals surface area contributed by atoms with E-state index in [1.807, 2.05) is 6.92 Å². The van der Waals surface area contributed by atoms with Crippen LogP contribution in [0, 0.1) is 11.3 Å². The van der Waals surface area contributed by atoms with E-state index in [4.69, 9.17) is 5.26 Å². The van der Waals surface area contributed by atoms with Crippen molar-refractivity contribution in [1.82, 2.24) is 4.98 Å². The van der Waals surface area contributed by atoms with Crippen molar-refractivity contribution in [3.05, 3.63) is 36.5 Å². The van der Waals surface area contributed by atoms with Crippen LogP contribution in [0.5, 0.6) is 0 Å². The summed E-state index contributed by atoms with van der Waals surface area (Å²) >= 11 is 0. The van der Waals surface area contributed by atoms with Crippen LogP contribution in [0.25, 0.3) is 0 Å². The van der Waals surface area contributed by atoms with Gasteiger partial charge in [-0.15, -0.1) is 6.58 Å². The molecule has 0 bridgehead atoms. The Morgan fingerprint density at radius 3 is 3.15 bits per heavy atom. The normalized spacial score (nSPS) is 11.4. The zero-order valence-corrected chi connectivity index (χ0v) is 7.49. The van der Waals surface area contributed by atoms with E-state index in [2.05, 4.69) is 22.9 Å². The fourth-order valence-electron chi connectivity index (χ4n) is 0.885. The molecule has 13 heavy (non-hydrogen) atoms. The monoisotopic (exact) mass is 173 g/mol. The van der Waals surface area contributed by atoms with E-state index < -0.39 is 0 Å². The first kappa shape index (κ1) is 9.27. The number of nitrogens with one attached hydrogen (secondary N) is 1. The zero-order valence-electron chi connectivity index (χ0n) is 7.49. The lowest BCUT2D eigenvalue weighted by Crippen LogP contribution is -2.13. The number of nitriles is 1. The van der Waals surface area contributed by atoms with E-state index >= 15 is 0 Å². The average Bonchev–Trinajstić information content (AvgIpc) is 2.18. The van der Waals surface area contributed by atoms with Gasteiger partial charge in [-0.1, -0.05) is 6.08 Å². The van der Waals surface area contributed by atoms with Crippen LogP contribution in [0.2, 0.25) is 0 Å². The maximum absolute atomic E-state index is 8.75. The van der Waals surface area contributed by atoms with E-state index in [9.17, 15) is 0 Å². The number of nitrogens with zero attached hydrogens (tertiary/aromatic N) is 2. The molecule has 0 aliphatic rings. The Morgan fingerprint density at radius 2 is 2.54 bits per heavy atom. The molecule has 0 aliphatic carbocycles. The van der Waals surface area contributed by atoms with E-state index in [1.165, 1.54) is 0 Å². The molecule has 0 saturated carbocycles. The molecule has 1 N–H and O–H groups in total.